The van der Waals surface area contributed by atoms with Gasteiger partial charge in [-0.1, -0.05) is 15.9 Å². The minimum absolute atomic E-state index is 0.704. The van der Waals surface area contributed by atoms with Gasteiger partial charge in [-0.15, -0.1) is 0 Å². The van der Waals surface area contributed by atoms with Crippen LogP contribution in [0.1, 0.15) is 0 Å². The highest BCUT2D eigenvalue weighted by atomic mass is 79.9. The summed E-state index contributed by atoms with van der Waals surface area (Å²) in [5, 5.41) is 0.992. The SMILES string of the molecule is COc1ccc(OCCN(C)CCBr)cc1. The van der Waals surface area contributed by atoms with Gasteiger partial charge < -0.3 is 14.4 Å². The van der Waals surface area contributed by atoms with E-state index in [1.165, 1.54) is 0 Å². The maximum atomic E-state index is 5.61. The number of alkyl halides is 1. The van der Waals surface area contributed by atoms with E-state index in [1.807, 2.05) is 24.3 Å². The zero-order chi connectivity index (χ0) is 11.8. The Morgan fingerprint density at radius 1 is 1.12 bits per heavy atom. The van der Waals surface area contributed by atoms with Crippen LogP contribution in [0.3, 0.4) is 0 Å². The summed E-state index contributed by atoms with van der Waals surface area (Å²) in [6.07, 6.45) is 0. The summed E-state index contributed by atoms with van der Waals surface area (Å²) >= 11 is 3.41. The first kappa shape index (κ1) is 13.3. The van der Waals surface area contributed by atoms with Crippen molar-refractivity contribution in [2.24, 2.45) is 0 Å². The molecule has 0 unspecified atom stereocenters. The van der Waals surface area contributed by atoms with Crippen molar-refractivity contribution >= 4 is 15.9 Å². The molecule has 0 bridgehead atoms. The van der Waals surface area contributed by atoms with Crippen molar-refractivity contribution < 1.29 is 9.47 Å². The molecule has 0 fully saturated rings. The van der Waals surface area contributed by atoms with E-state index < -0.39 is 0 Å². The van der Waals surface area contributed by atoms with Gasteiger partial charge in [-0.25, -0.2) is 0 Å². The highest BCUT2D eigenvalue weighted by Gasteiger charge is 1.98. The first-order chi connectivity index (χ1) is 7.76. The van der Waals surface area contributed by atoms with Gasteiger partial charge in [0.15, 0.2) is 0 Å². The summed E-state index contributed by atoms with van der Waals surface area (Å²) in [5.74, 6) is 1.73. The maximum absolute atomic E-state index is 5.61. The molecule has 1 aromatic carbocycles. The smallest absolute Gasteiger partial charge is 0.119 e. The van der Waals surface area contributed by atoms with Crippen molar-refractivity contribution in [3.8, 4) is 11.5 Å². The van der Waals surface area contributed by atoms with E-state index in [2.05, 4.69) is 27.9 Å². The fraction of sp³-hybridized carbons (Fsp3) is 0.500. The predicted octanol–water partition coefficient (Wildman–Crippen LogP) is 2.40. The average Bonchev–Trinajstić information content (AvgIpc) is 2.30. The van der Waals surface area contributed by atoms with Crippen LogP contribution in [0.25, 0.3) is 0 Å². The molecule has 3 nitrogen and oxygen atoms in total. The second kappa shape index (κ2) is 7.52. The van der Waals surface area contributed by atoms with Crippen molar-refractivity contribution in [2.45, 2.75) is 0 Å². The van der Waals surface area contributed by atoms with Crippen LogP contribution in [-0.4, -0.2) is 44.1 Å². The van der Waals surface area contributed by atoms with E-state index in [1.54, 1.807) is 7.11 Å². The Bertz CT molecular complexity index is 290. The minimum atomic E-state index is 0.704. The molecule has 0 aliphatic heterocycles. The fourth-order valence-corrected chi connectivity index (χ4v) is 1.85. The molecule has 0 aromatic heterocycles. The number of hydrogen-bond donors (Lipinski definition) is 0. The van der Waals surface area contributed by atoms with Gasteiger partial charge in [0.05, 0.1) is 7.11 Å². The van der Waals surface area contributed by atoms with Crippen molar-refractivity contribution in [2.75, 3.05) is 39.2 Å². The Labute approximate surface area is 105 Å². The highest BCUT2D eigenvalue weighted by Crippen LogP contribution is 2.16. The van der Waals surface area contributed by atoms with E-state index in [-0.39, 0.29) is 0 Å². The van der Waals surface area contributed by atoms with Gasteiger partial charge in [-0.05, 0) is 31.3 Å². The number of halogens is 1. The molecular formula is C12H18BrNO2. The Kier molecular flexibility index (Phi) is 6.26. The highest BCUT2D eigenvalue weighted by molar-refractivity contribution is 9.09. The molecule has 4 heteroatoms. The van der Waals surface area contributed by atoms with Crippen LogP contribution < -0.4 is 9.47 Å². The van der Waals surface area contributed by atoms with Gasteiger partial charge in [-0.2, -0.15) is 0 Å². The van der Waals surface area contributed by atoms with Gasteiger partial charge in [0, 0.05) is 18.4 Å². The lowest BCUT2D eigenvalue weighted by Crippen LogP contribution is -2.25. The summed E-state index contributed by atoms with van der Waals surface area (Å²) in [7, 11) is 3.74. The molecule has 16 heavy (non-hydrogen) atoms. The van der Waals surface area contributed by atoms with Crippen molar-refractivity contribution in [1.82, 2.24) is 4.90 Å². The van der Waals surface area contributed by atoms with Crippen molar-refractivity contribution in [1.29, 1.82) is 0 Å². The van der Waals surface area contributed by atoms with Crippen molar-refractivity contribution in [3.63, 3.8) is 0 Å². The third-order valence-corrected chi connectivity index (χ3v) is 2.62. The molecule has 0 saturated heterocycles. The van der Waals surface area contributed by atoms with E-state index in [0.717, 1.165) is 29.9 Å². The van der Waals surface area contributed by atoms with E-state index in [0.29, 0.717) is 6.61 Å². The zero-order valence-electron chi connectivity index (χ0n) is 9.78. The number of benzene rings is 1. The molecule has 0 amide bonds. The molecule has 0 radical (unpaired) electrons. The molecule has 0 saturated carbocycles. The summed E-state index contributed by atoms with van der Waals surface area (Å²) in [6, 6.07) is 7.64. The summed E-state index contributed by atoms with van der Waals surface area (Å²) in [6.45, 7) is 2.67. The third-order valence-electron chi connectivity index (χ3n) is 2.27. The lowest BCUT2D eigenvalue weighted by molar-refractivity contribution is 0.245. The van der Waals surface area contributed by atoms with Gasteiger partial charge in [0.1, 0.15) is 18.1 Å². The third kappa shape index (κ3) is 4.86. The molecule has 0 heterocycles. The Balaban J connectivity index is 2.26. The van der Waals surface area contributed by atoms with Crippen LogP contribution >= 0.6 is 15.9 Å². The second-order valence-corrected chi connectivity index (χ2v) is 4.31. The predicted molar refractivity (Wildman–Crippen MR) is 69.8 cm³/mol. The summed E-state index contributed by atoms with van der Waals surface area (Å²) < 4.78 is 10.7. The van der Waals surface area contributed by atoms with Crippen LogP contribution in [0.15, 0.2) is 24.3 Å². The molecule has 1 aromatic rings. The molecule has 0 N–H and O–H groups in total. The topological polar surface area (TPSA) is 21.7 Å². The van der Waals surface area contributed by atoms with Gasteiger partial charge >= 0.3 is 0 Å². The standard InChI is InChI=1S/C12H18BrNO2/c1-14(8-7-13)9-10-16-12-5-3-11(15-2)4-6-12/h3-6H,7-10H2,1-2H3. The minimum Gasteiger partial charge on any atom is -0.497 e. The molecule has 0 aliphatic carbocycles. The van der Waals surface area contributed by atoms with Crippen LogP contribution in [-0.2, 0) is 0 Å². The number of nitrogens with zero attached hydrogens (tertiary/aromatic N) is 1. The first-order valence-electron chi connectivity index (χ1n) is 5.27. The van der Waals surface area contributed by atoms with E-state index in [4.69, 9.17) is 9.47 Å². The largest absolute Gasteiger partial charge is 0.497 e. The monoisotopic (exact) mass is 287 g/mol. The Hall–Kier alpha value is -0.740. The number of likely N-dealkylation sites (N-methyl/N-ethyl adjacent to an activating group) is 1. The Morgan fingerprint density at radius 3 is 2.31 bits per heavy atom. The van der Waals surface area contributed by atoms with Crippen LogP contribution in [0.5, 0.6) is 11.5 Å². The Morgan fingerprint density at radius 2 is 1.75 bits per heavy atom. The number of methoxy groups -OCH3 is 1. The van der Waals surface area contributed by atoms with Gasteiger partial charge in [-0.3, -0.25) is 0 Å². The first-order valence-corrected chi connectivity index (χ1v) is 6.39. The van der Waals surface area contributed by atoms with Crippen LogP contribution in [0.2, 0.25) is 0 Å². The molecule has 0 spiro atoms. The lowest BCUT2D eigenvalue weighted by Gasteiger charge is -2.15. The van der Waals surface area contributed by atoms with Gasteiger partial charge in [0.25, 0.3) is 0 Å². The zero-order valence-corrected chi connectivity index (χ0v) is 11.4. The lowest BCUT2D eigenvalue weighted by atomic mass is 10.3. The number of hydrogen-bond acceptors (Lipinski definition) is 3. The summed E-state index contributed by atoms with van der Waals surface area (Å²) in [5.41, 5.74) is 0. The maximum Gasteiger partial charge on any atom is 0.119 e. The average molecular weight is 288 g/mol. The molecule has 0 aliphatic rings. The fourth-order valence-electron chi connectivity index (χ4n) is 1.25. The van der Waals surface area contributed by atoms with E-state index >= 15 is 0 Å². The molecule has 0 atom stereocenters. The number of rotatable bonds is 7. The second-order valence-electron chi connectivity index (χ2n) is 3.52. The summed E-state index contributed by atoms with van der Waals surface area (Å²) in [4.78, 5) is 2.22. The van der Waals surface area contributed by atoms with E-state index in [9.17, 15) is 0 Å². The van der Waals surface area contributed by atoms with Crippen LogP contribution in [0, 0.1) is 0 Å². The quantitative estimate of drug-likeness (QED) is 0.719. The number of ether oxygens (including phenoxy) is 2. The van der Waals surface area contributed by atoms with Gasteiger partial charge in [0.2, 0.25) is 0 Å². The molecular weight excluding hydrogens is 270 g/mol. The molecule has 1 rings (SSSR count). The van der Waals surface area contributed by atoms with Crippen molar-refractivity contribution in [3.05, 3.63) is 24.3 Å². The normalized spacial score (nSPS) is 10.5. The van der Waals surface area contributed by atoms with Crippen LogP contribution in [0.4, 0.5) is 0 Å². The molecule has 90 valence electrons.